The Balaban J connectivity index is 1.97. The van der Waals surface area contributed by atoms with Crippen LogP contribution in [0.25, 0.3) is 0 Å². The molecule has 0 aliphatic heterocycles. The van der Waals surface area contributed by atoms with Crippen molar-refractivity contribution in [3.63, 3.8) is 0 Å². The summed E-state index contributed by atoms with van der Waals surface area (Å²) in [7, 11) is -0.558. The number of rotatable bonds is 6. The summed E-state index contributed by atoms with van der Waals surface area (Å²) in [5.41, 5.74) is 1.57. The van der Waals surface area contributed by atoms with E-state index in [9.17, 15) is 13.2 Å². The number of sulfonamides is 1. The van der Waals surface area contributed by atoms with E-state index in [1.54, 1.807) is 6.07 Å². The number of halogens is 1. The lowest BCUT2D eigenvalue weighted by Crippen LogP contribution is -2.22. The molecule has 2 aromatic rings. The zero-order valence-corrected chi connectivity index (χ0v) is 16.5. The average molecular weight is 427 g/mol. The number of carbonyl (C=O) groups is 1. The van der Waals surface area contributed by atoms with Gasteiger partial charge < -0.3 is 10.1 Å². The summed E-state index contributed by atoms with van der Waals surface area (Å²) >= 11 is 3.38. The van der Waals surface area contributed by atoms with E-state index in [1.807, 2.05) is 19.1 Å². The summed E-state index contributed by atoms with van der Waals surface area (Å²) in [5.74, 6) is 0.240. The number of nitrogens with zero attached hydrogens (tertiary/aromatic N) is 1. The Labute approximate surface area is 156 Å². The lowest BCUT2D eigenvalue weighted by molar-refractivity contribution is -0.118. The summed E-state index contributed by atoms with van der Waals surface area (Å²) in [6.07, 6.45) is 0. The standard InChI is InChI=1S/C17H19BrN2O4S/c1-12-4-9-16(15(18)10-12)24-11-17(21)19-13-5-7-14(8-6-13)25(22,23)20(2)3/h4-10H,11H2,1-3H3,(H,19,21). The monoisotopic (exact) mass is 426 g/mol. The van der Waals surface area contributed by atoms with Crippen LogP contribution in [0.3, 0.4) is 0 Å². The third-order valence-electron chi connectivity index (χ3n) is 3.36. The first-order valence-corrected chi connectivity index (χ1v) is 9.65. The molecule has 0 aliphatic rings. The minimum atomic E-state index is -3.49. The number of carbonyl (C=O) groups excluding carboxylic acids is 1. The fraction of sp³-hybridized carbons (Fsp3) is 0.235. The maximum Gasteiger partial charge on any atom is 0.262 e. The smallest absolute Gasteiger partial charge is 0.262 e. The highest BCUT2D eigenvalue weighted by atomic mass is 79.9. The van der Waals surface area contributed by atoms with Crippen LogP contribution in [0, 0.1) is 6.92 Å². The minimum absolute atomic E-state index is 0.153. The molecule has 0 saturated heterocycles. The Kier molecular flexibility index (Phi) is 6.21. The van der Waals surface area contributed by atoms with Crippen molar-refractivity contribution in [2.45, 2.75) is 11.8 Å². The molecule has 2 aromatic carbocycles. The van der Waals surface area contributed by atoms with Crippen LogP contribution in [0.4, 0.5) is 5.69 Å². The lowest BCUT2D eigenvalue weighted by Gasteiger charge is -2.12. The molecular formula is C17H19BrN2O4S. The van der Waals surface area contributed by atoms with Crippen LogP contribution in [0.15, 0.2) is 51.8 Å². The molecule has 25 heavy (non-hydrogen) atoms. The van der Waals surface area contributed by atoms with E-state index in [1.165, 1.54) is 38.4 Å². The normalized spacial score (nSPS) is 11.4. The van der Waals surface area contributed by atoms with Gasteiger partial charge in [0.25, 0.3) is 5.91 Å². The SMILES string of the molecule is Cc1ccc(OCC(=O)Nc2ccc(S(=O)(=O)N(C)C)cc2)c(Br)c1. The third-order valence-corrected chi connectivity index (χ3v) is 5.81. The maximum atomic E-state index is 12.0. The number of aryl methyl sites for hydroxylation is 1. The molecule has 0 fully saturated rings. The first kappa shape index (κ1) is 19.4. The Bertz CT molecular complexity index is 865. The van der Waals surface area contributed by atoms with Crippen LogP contribution >= 0.6 is 15.9 Å². The van der Waals surface area contributed by atoms with Crippen LogP contribution in [0.2, 0.25) is 0 Å². The highest BCUT2D eigenvalue weighted by Crippen LogP contribution is 2.25. The molecule has 0 aliphatic carbocycles. The van der Waals surface area contributed by atoms with E-state index in [0.717, 1.165) is 14.3 Å². The Hall–Kier alpha value is -1.90. The molecule has 134 valence electrons. The van der Waals surface area contributed by atoms with Crippen molar-refractivity contribution in [1.82, 2.24) is 4.31 Å². The summed E-state index contributed by atoms with van der Waals surface area (Å²) in [6.45, 7) is 1.81. The van der Waals surface area contributed by atoms with Crippen LogP contribution in [-0.2, 0) is 14.8 Å². The number of hydrogen-bond acceptors (Lipinski definition) is 4. The van der Waals surface area contributed by atoms with Crippen molar-refractivity contribution in [3.8, 4) is 5.75 Å². The van der Waals surface area contributed by atoms with Crippen molar-refractivity contribution < 1.29 is 17.9 Å². The number of benzene rings is 2. The first-order valence-electron chi connectivity index (χ1n) is 7.41. The van der Waals surface area contributed by atoms with Gasteiger partial charge in [0.1, 0.15) is 5.75 Å². The zero-order valence-electron chi connectivity index (χ0n) is 14.1. The quantitative estimate of drug-likeness (QED) is 0.769. The van der Waals surface area contributed by atoms with Gasteiger partial charge in [-0.15, -0.1) is 0 Å². The number of nitrogens with one attached hydrogen (secondary N) is 1. The van der Waals surface area contributed by atoms with E-state index >= 15 is 0 Å². The van der Waals surface area contributed by atoms with Crippen LogP contribution in [-0.4, -0.2) is 39.3 Å². The summed E-state index contributed by atoms with van der Waals surface area (Å²) in [4.78, 5) is 12.1. The van der Waals surface area contributed by atoms with E-state index in [-0.39, 0.29) is 17.4 Å². The molecule has 2 rings (SSSR count). The van der Waals surface area contributed by atoms with Crippen LogP contribution in [0.5, 0.6) is 5.75 Å². The largest absolute Gasteiger partial charge is 0.483 e. The first-order chi connectivity index (χ1) is 11.7. The predicted molar refractivity (Wildman–Crippen MR) is 100 cm³/mol. The fourth-order valence-electron chi connectivity index (χ4n) is 1.98. The third kappa shape index (κ3) is 5.04. The average Bonchev–Trinajstić information content (AvgIpc) is 2.54. The number of hydrogen-bond donors (Lipinski definition) is 1. The van der Waals surface area contributed by atoms with Crippen LogP contribution < -0.4 is 10.1 Å². The Morgan fingerprint density at radius 1 is 1.16 bits per heavy atom. The fourth-order valence-corrected chi connectivity index (χ4v) is 3.49. The predicted octanol–water partition coefficient (Wildman–Crippen LogP) is 3.03. The Morgan fingerprint density at radius 3 is 2.36 bits per heavy atom. The molecule has 0 atom stereocenters. The van der Waals surface area contributed by atoms with Gasteiger partial charge in [0.15, 0.2) is 6.61 Å². The molecule has 0 bridgehead atoms. The second kappa shape index (κ2) is 7.99. The van der Waals surface area contributed by atoms with Gasteiger partial charge in [-0.05, 0) is 64.8 Å². The van der Waals surface area contributed by atoms with Gasteiger partial charge in [0.2, 0.25) is 10.0 Å². The van der Waals surface area contributed by atoms with Crippen LogP contribution in [0.1, 0.15) is 5.56 Å². The van der Waals surface area contributed by atoms with Gasteiger partial charge in [0.05, 0.1) is 9.37 Å². The Morgan fingerprint density at radius 2 is 1.80 bits per heavy atom. The van der Waals surface area contributed by atoms with E-state index in [2.05, 4.69) is 21.2 Å². The lowest BCUT2D eigenvalue weighted by atomic mass is 10.2. The molecule has 1 amide bonds. The maximum absolute atomic E-state index is 12.0. The van der Waals surface area contributed by atoms with Gasteiger partial charge in [-0.1, -0.05) is 6.07 Å². The molecule has 0 heterocycles. The molecule has 8 heteroatoms. The van der Waals surface area contributed by atoms with Gasteiger partial charge in [-0.3, -0.25) is 4.79 Å². The summed E-state index contributed by atoms with van der Waals surface area (Å²) in [5, 5.41) is 2.66. The van der Waals surface area contributed by atoms with Crippen molar-refractivity contribution in [2.24, 2.45) is 0 Å². The molecule has 1 N–H and O–H groups in total. The molecule has 0 radical (unpaired) electrons. The molecular weight excluding hydrogens is 408 g/mol. The highest BCUT2D eigenvalue weighted by molar-refractivity contribution is 9.10. The molecule has 0 unspecified atom stereocenters. The molecule has 6 nitrogen and oxygen atoms in total. The van der Waals surface area contributed by atoms with Crippen molar-refractivity contribution in [2.75, 3.05) is 26.0 Å². The van der Waals surface area contributed by atoms with Gasteiger partial charge in [0, 0.05) is 19.8 Å². The van der Waals surface area contributed by atoms with Crippen molar-refractivity contribution in [1.29, 1.82) is 0 Å². The summed E-state index contributed by atoms with van der Waals surface area (Å²) < 4.78 is 31.4. The minimum Gasteiger partial charge on any atom is -0.483 e. The number of anilines is 1. The second-order valence-electron chi connectivity index (χ2n) is 5.58. The zero-order chi connectivity index (χ0) is 18.6. The van der Waals surface area contributed by atoms with Gasteiger partial charge in [-0.25, -0.2) is 12.7 Å². The van der Waals surface area contributed by atoms with Gasteiger partial charge >= 0.3 is 0 Å². The molecule has 0 spiro atoms. The topological polar surface area (TPSA) is 75.7 Å². The van der Waals surface area contributed by atoms with Crippen molar-refractivity contribution >= 4 is 37.5 Å². The number of amides is 1. The second-order valence-corrected chi connectivity index (χ2v) is 8.59. The number of ether oxygens (including phenoxy) is 1. The highest BCUT2D eigenvalue weighted by Gasteiger charge is 2.16. The van der Waals surface area contributed by atoms with Gasteiger partial charge in [-0.2, -0.15) is 0 Å². The molecule has 0 saturated carbocycles. The molecule has 0 aromatic heterocycles. The van der Waals surface area contributed by atoms with E-state index in [0.29, 0.717) is 11.4 Å². The van der Waals surface area contributed by atoms with E-state index < -0.39 is 10.0 Å². The summed E-state index contributed by atoms with van der Waals surface area (Å²) in [6, 6.07) is 11.5. The van der Waals surface area contributed by atoms with Crippen molar-refractivity contribution in [3.05, 3.63) is 52.5 Å². The van der Waals surface area contributed by atoms with E-state index in [4.69, 9.17) is 4.74 Å².